The Kier molecular flexibility index (Phi) is 3.23. The van der Waals surface area contributed by atoms with Gasteiger partial charge in [-0.25, -0.2) is 4.68 Å². The fourth-order valence-corrected chi connectivity index (χ4v) is 2.16. The second-order valence-corrected chi connectivity index (χ2v) is 4.48. The van der Waals surface area contributed by atoms with Gasteiger partial charge in [0.15, 0.2) is 0 Å². The van der Waals surface area contributed by atoms with E-state index in [1.54, 1.807) is 10.9 Å². The summed E-state index contributed by atoms with van der Waals surface area (Å²) in [7, 11) is 0. The van der Waals surface area contributed by atoms with Crippen molar-refractivity contribution in [3.05, 3.63) is 36.7 Å². The molecule has 5 heteroatoms. The first-order valence-electron chi connectivity index (χ1n) is 6.21. The lowest BCUT2D eigenvalue weighted by Gasteiger charge is -2.14. The van der Waals surface area contributed by atoms with Crippen LogP contribution in [0.5, 0.6) is 0 Å². The molecule has 2 aromatic rings. The summed E-state index contributed by atoms with van der Waals surface area (Å²) in [5.41, 5.74) is 2.10. The smallest absolute Gasteiger partial charge is 0.0894 e. The lowest BCUT2D eigenvalue weighted by molar-refractivity contribution is 0.187. The van der Waals surface area contributed by atoms with Gasteiger partial charge in [-0.2, -0.15) is 0 Å². The van der Waals surface area contributed by atoms with Crippen molar-refractivity contribution in [1.29, 1.82) is 0 Å². The number of aromatic nitrogens is 3. The molecule has 1 atom stereocenters. The number of ether oxygens (including phenoxy) is 1. The van der Waals surface area contributed by atoms with E-state index >= 15 is 0 Å². The summed E-state index contributed by atoms with van der Waals surface area (Å²) >= 11 is 0. The standard InChI is InChI=1S/C13H16N4O/c1-2-4-13(17-7-6-15-16-17)12(3-1)14-9-11-5-8-18-10-11/h1-4,6-7,11,14H,5,8-10H2. The van der Waals surface area contributed by atoms with Crippen LogP contribution in [0, 0.1) is 5.92 Å². The van der Waals surface area contributed by atoms with Crippen molar-refractivity contribution in [3.8, 4) is 5.69 Å². The van der Waals surface area contributed by atoms with E-state index < -0.39 is 0 Å². The van der Waals surface area contributed by atoms with Crippen molar-refractivity contribution < 1.29 is 4.74 Å². The summed E-state index contributed by atoms with van der Waals surface area (Å²) in [4.78, 5) is 0. The van der Waals surface area contributed by atoms with Gasteiger partial charge in [-0.15, -0.1) is 5.10 Å². The number of hydrogen-bond donors (Lipinski definition) is 1. The summed E-state index contributed by atoms with van der Waals surface area (Å²) in [5.74, 6) is 0.605. The number of nitrogens with one attached hydrogen (secondary N) is 1. The van der Waals surface area contributed by atoms with E-state index in [2.05, 4.69) is 21.7 Å². The van der Waals surface area contributed by atoms with Gasteiger partial charge in [-0.3, -0.25) is 0 Å². The number of rotatable bonds is 4. The van der Waals surface area contributed by atoms with Crippen LogP contribution in [0.3, 0.4) is 0 Å². The lowest BCUT2D eigenvalue weighted by atomic mass is 10.1. The van der Waals surface area contributed by atoms with Gasteiger partial charge in [0.1, 0.15) is 0 Å². The molecule has 3 rings (SSSR count). The fourth-order valence-electron chi connectivity index (χ4n) is 2.16. The monoisotopic (exact) mass is 244 g/mol. The summed E-state index contributed by atoms with van der Waals surface area (Å²) in [6.07, 6.45) is 4.67. The Morgan fingerprint density at radius 3 is 3.11 bits per heavy atom. The first-order valence-corrected chi connectivity index (χ1v) is 6.21. The van der Waals surface area contributed by atoms with E-state index in [0.717, 1.165) is 37.6 Å². The zero-order valence-electron chi connectivity index (χ0n) is 10.1. The van der Waals surface area contributed by atoms with Crippen molar-refractivity contribution in [3.63, 3.8) is 0 Å². The van der Waals surface area contributed by atoms with E-state index in [0.29, 0.717) is 5.92 Å². The third-order valence-electron chi connectivity index (χ3n) is 3.18. The first kappa shape index (κ1) is 11.2. The highest BCUT2D eigenvalue weighted by atomic mass is 16.5. The second kappa shape index (κ2) is 5.18. The first-order chi connectivity index (χ1) is 8.93. The largest absolute Gasteiger partial charge is 0.383 e. The van der Waals surface area contributed by atoms with Crippen LogP contribution in [0.2, 0.25) is 0 Å². The van der Waals surface area contributed by atoms with Crippen molar-refractivity contribution in [1.82, 2.24) is 15.0 Å². The van der Waals surface area contributed by atoms with E-state index in [1.807, 2.05) is 24.4 Å². The molecule has 0 radical (unpaired) electrons. The molecular weight excluding hydrogens is 228 g/mol. The number of benzene rings is 1. The molecule has 0 saturated carbocycles. The van der Waals surface area contributed by atoms with Crippen LogP contribution in [-0.2, 0) is 4.74 Å². The average molecular weight is 244 g/mol. The molecule has 18 heavy (non-hydrogen) atoms. The lowest BCUT2D eigenvalue weighted by Crippen LogP contribution is -2.15. The van der Waals surface area contributed by atoms with Gasteiger partial charge in [0.25, 0.3) is 0 Å². The number of anilines is 1. The van der Waals surface area contributed by atoms with Crippen LogP contribution in [-0.4, -0.2) is 34.8 Å². The third-order valence-corrected chi connectivity index (χ3v) is 3.18. The third kappa shape index (κ3) is 2.36. The molecule has 1 aromatic heterocycles. The van der Waals surface area contributed by atoms with Gasteiger partial charge in [-0.1, -0.05) is 17.3 Å². The molecule has 0 amide bonds. The Labute approximate surface area is 106 Å². The highest BCUT2D eigenvalue weighted by Gasteiger charge is 2.15. The minimum atomic E-state index is 0.605. The highest BCUT2D eigenvalue weighted by Crippen LogP contribution is 2.20. The van der Waals surface area contributed by atoms with Crippen LogP contribution < -0.4 is 5.32 Å². The molecule has 1 aliphatic rings. The molecule has 1 aromatic carbocycles. The molecule has 0 bridgehead atoms. The Balaban J connectivity index is 1.75. The number of hydrogen-bond acceptors (Lipinski definition) is 4. The molecule has 1 N–H and O–H groups in total. The normalized spacial score (nSPS) is 19.0. The maximum atomic E-state index is 5.38. The van der Waals surface area contributed by atoms with Crippen LogP contribution in [0.1, 0.15) is 6.42 Å². The topological polar surface area (TPSA) is 52.0 Å². The summed E-state index contributed by atoms with van der Waals surface area (Å²) in [6.45, 7) is 2.68. The molecule has 1 saturated heterocycles. The van der Waals surface area contributed by atoms with E-state index in [9.17, 15) is 0 Å². The Hall–Kier alpha value is -1.88. The van der Waals surface area contributed by atoms with Gasteiger partial charge in [0, 0.05) is 19.1 Å². The molecule has 2 heterocycles. The molecule has 5 nitrogen and oxygen atoms in total. The Bertz CT molecular complexity index is 491. The van der Waals surface area contributed by atoms with Gasteiger partial charge in [0.05, 0.1) is 30.4 Å². The van der Waals surface area contributed by atoms with Gasteiger partial charge >= 0.3 is 0 Å². The molecule has 1 aliphatic heterocycles. The predicted octanol–water partition coefficient (Wildman–Crippen LogP) is 1.72. The minimum Gasteiger partial charge on any atom is -0.383 e. The summed E-state index contributed by atoms with van der Waals surface area (Å²) in [5, 5.41) is 11.3. The minimum absolute atomic E-state index is 0.605. The van der Waals surface area contributed by atoms with Crippen LogP contribution in [0.25, 0.3) is 5.69 Å². The maximum absolute atomic E-state index is 5.38. The van der Waals surface area contributed by atoms with E-state index in [1.165, 1.54) is 0 Å². The van der Waals surface area contributed by atoms with Crippen molar-refractivity contribution in [2.75, 3.05) is 25.1 Å². The van der Waals surface area contributed by atoms with Crippen LogP contribution >= 0.6 is 0 Å². The predicted molar refractivity (Wildman–Crippen MR) is 68.8 cm³/mol. The summed E-state index contributed by atoms with van der Waals surface area (Å²) < 4.78 is 7.15. The van der Waals surface area contributed by atoms with Crippen molar-refractivity contribution in [2.45, 2.75) is 6.42 Å². The molecule has 0 aliphatic carbocycles. The maximum Gasteiger partial charge on any atom is 0.0894 e. The Morgan fingerprint density at radius 1 is 1.39 bits per heavy atom. The average Bonchev–Trinajstić information content (AvgIpc) is 3.10. The molecule has 94 valence electrons. The van der Waals surface area contributed by atoms with Crippen molar-refractivity contribution >= 4 is 5.69 Å². The molecule has 1 fully saturated rings. The van der Waals surface area contributed by atoms with Gasteiger partial charge in [-0.05, 0) is 18.6 Å². The van der Waals surface area contributed by atoms with Crippen molar-refractivity contribution in [2.24, 2.45) is 5.92 Å². The zero-order chi connectivity index (χ0) is 12.2. The molecular formula is C13H16N4O. The summed E-state index contributed by atoms with van der Waals surface area (Å²) in [6, 6.07) is 8.11. The number of nitrogens with zero attached hydrogens (tertiary/aromatic N) is 3. The fraction of sp³-hybridized carbons (Fsp3) is 0.385. The van der Waals surface area contributed by atoms with Gasteiger partial charge in [0.2, 0.25) is 0 Å². The van der Waals surface area contributed by atoms with E-state index in [4.69, 9.17) is 4.74 Å². The quantitative estimate of drug-likeness (QED) is 0.889. The van der Waals surface area contributed by atoms with Gasteiger partial charge < -0.3 is 10.1 Å². The highest BCUT2D eigenvalue weighted by molar-refractivity contribution is 5.60. The molecule has 1 unspecified atom stereocenters. The molecule has 0 spiro atoms. The Morgan fingerprint density at radius 2 is 2.33 bits per heavy atom. The SMILES string of the molecule is c1ccc(-n2ccnn2)c(NCC2CCOC2)c1. The van der Waals surface area contributed by atoms with Crippen LogP contribution in [0.4, 0.5) is 5.69 Å². The second-order valence-electron chi connectivity index (χ2n) is 4.48. The zero-order valence-corrected chi connectivity index (χ0v) is 10.1. The van der Waals surface area contributed by atoms with E-state index in [-0.39, 0.29) is 0 Å². The number of para-hydroxylation sites is 2. The van der Waals surface area contributed by atoms with Crippen LogP contribution in [0.15, 0.2) is 36.7 Å².